The number of nitrogens with two attached hydrogens (primary N) is 1. The fourth-order valence-electron chi connectivity index (χ4n) is 1.39. The highest BCUT2D eigenvalue weighted by molar-refractivity contribution is 5.94. The van der Waals surface area contributed by atoms with Crippen LogP contribution in [0, 0.1) is 0 Å². The molecule has 0 radical (unpaired) electrons. The Hall–Kier alpha value is -2.61. The van der Waals surface area contributed by atoms with E-state index in [2.05, 4.69) is 10.6 Å². The predicted octanol–water partition coefficient (Wildman–Crippen LogP) is -0.580. The van der Waals surface area contributed by atoms with Gasteiger partial charge in [0.2, 0.25) is 0 Å². The first-order valence-electron chi connectivity index (χ1n) is 6.08. The number of carbonyl (C=O) groups excluding carboxylic acids is 2. The number of carbonyl (C=O) groups is 3. The predicted molar refractivity (Wildman–Crippen MR) is 73.5 cm³/mol. The van der Waals surface area contributed by atoms with E-state index in [1.807, 2.05) is 0 Å². The van der Waals surface area contributed by atoms with Gasteiger partial charge in [-0.3, -0.25) is 4.79 Å². The highest BCUT2D eigenvalue weighted by Gasteiger charge is 2.30. The Labute approximate surface area is 120 Å². The second-order valence-corrected chi connectivity index (χ2v) is 4.68. The molecule has 1 atom stereocenters. The summed E-state index contributed by atoms with van der Waals surface area (Å²) in [6.45, 7) is 0.922. The van der Waals surface area contributed by atoms with E-state index in [0.29, 0.717) is 5.56 Å². The maximum Gasteiger partial charge on any atom is 0.337 e. The van der Waals surface area contributed by atoms with Crippen molar-refractivity contribution in [2.45, 2.75) is 19.1 Å². The summed E-state index contributed by atoms with van der Waals surface area (Å²) in [5.74, 6) is -1.93. The number of urea groups is 1. The van der Waals surface area contributed by atoms with E-state index in [9.17, 15) is 19.5 Å². The number of aliphatic carboxylic acids is 1. The average Bonchev–Trinajstić information content (AvgIpc) is 2.43. The average molecular weight is 295 g/mol. The largest absolute Gasteiger partial charge is 0.479 e. The molecule has 0 saturated carbocycles. The van der Waals surface area contributed by atoms with E-state index in [4.69, 9.17) is 10.8 Å². The van der Waals surface area contributed by atoms with Crippen molar-refractivity contribution in [2.75, 3.05) is 6.54 Å². The van der Waals surface area contributed by atoms with Crippen molar-refractivity contribution in [3.63, 3.8) is 0 Å². The fourth-order valence-corrected chi connectivity index (χ4v) is 1.39. The van der Waals surface area contributed by atoms with E-state index >= 15 is 0 Å². The molecule has 1 rings (SSSR count). The van der Waals surface area contributed by atoms with Crippen LogP contribution < -0.4 is 16.4 Å². The number of primary amides is 1. The lowest BCUT2D eigenvalue weighted by atomic mass is 10.1. The molecular formula is C13H17N3O5. The van der Waals surface area contributed by atoms with E-state index in [0.717, 1.165) is 12.5 Å². The molecule has 21 heavy (non-hydrogen) atoms. The molecule has 8 nitrogen and oxygen atoms in total. The van der Waals surface area contributed by atoms with Crippen LogP contribution in [0.15, 0.2) is 24.3 Å². The van der Waals surface area contributed by atoms with Gasteiger partial charge in [-0.15, -0.1) is 0 Å². The first-order valence-corrected chi connectivity index (χ1v) is 6.08. The van der Waals surface area contributed by atoms with Crippen LogP contribution in [0.2, 0.25) is 0 Å². The van der Waals surface area contributed by atoms with E-state index in [1.165, 1.54) is 12.1 Å². The van der Waals surface area contributed by atoms with Crippen LogP contribution in [0.1, 0.15) is 22.8 Å². The van der Waals surface area contributed by atoms with Crippen LogP contribution in [-0.4, -0.2) is 40.3 Å². The van der Waals surface area contributed by atoms with Gasteiger partial charge in [-0.25, -0.2) is 9.59 Å². The molecule has 1 unspecified atom stereocenters. The topological polar surface area (TPSA) is 142 Å². The monoisotopic (exact) mass is 295 g/mol. The number of carboxylic acids is 1. The van der Waals surface area contributed by atoms with Gasteiger partial charge >= 0.3 is 12.0 Å². The number of carboxylic acid groups (broad SMARTS) is 1. The molecule has 8 heteroatoms. The van der Waals surface area contributed by atoms with Crippen LogP contribution in [0.3, 0.4) is 0 Å². The molecular weight excluding hydrogens is 278 g/mol. The molecule has 0 heterocycles. The van der Waals surface area contributed by atoms with Crippen LogP contribution in [0.5, 0.6) is 0 Å². The molecule has 1 aromatic carbocycles. The second kappa shape index (κ2) is 6.71. The quantitative estimate of drug-likeness (QED) is 0.477. The lowest BCUT2D eigenvalue weighted by Gasteiger charge is -2.18. The van der Waals surface area contributed by atoms with Crippen molar-refractivity contribution in [1.82, 2.24) is 10.6 Å². The summed E-state index contributed by atoms with van der Waals surface area (Å²) in [6.07, 6.45) is 0. The van der Waals surface area contributed by atoms with Gasteiger partial charge in [0.05, 0.1) is 6.54 Å². The zero-order valence-electron chi connectivity index (χ0n) is 11.4. The Bertz CT molecular complexity index is 539. The first kappa shape index (κ1) is 16.4. The highest BCUT2D eigenvalue weighted by atomic mass is 16.4. The minimum Gasteiger partial charge on any atom is -0.479 e. The van der Waals surface area contributed by atoms with Crippen LogP contribution >= 0.6 is 0 Å². The van der Waals surface area contributed by atoms with Gasteiger partial charge in [-0.1, -0.05) is 12.1 Å². The molecule has 114 valence electrons. The zero-order chi connectivity index (χ0) is 16.0. The third-order valence-electron chi connectivity index (χ3n) is 2.74. The molecule has 0 fully saturated rings. The molecule has 0 aliphatic carbocycles. The first-order chi connectivity index (χ1) is 9.72. The SMILES string of the molecule is CC(O)(CNC(=O)c1ccc(CNC(N)=O)cc1)C(=O)O. The lowest BCUT2D eigenvalue weighted by molar-refractivity contribution is -0.155. The molecule has 0 aliphatic heterocycles. The molecule has 0 bridgehead atoms. The molecule has 0 aliphatic rings. The fraction of sp³-hybridized carbons (Fsp3) is 0.308. The van der Waals surface area contributed by atoms with Crippen molar-refractivity contribution in [2.24, 2.45) is 5.73 Å². The van der Waals surface area contributed by atoms with Gasteiger partial charge in [-0.05, 0) is 24.6 Å². The third kappa shape index (κ3) is 5.11. The summed E-state index contributed by atoms with van der Waals surface area (Å²) in [6, 6.07) is 5.64. The van der Waals surface area contributed by atoms with Gasteiger partial charge in [0.15, 0.2) is 5.60 Å². The Balaban J connectivity index is 2.59. The molecule has 1 aromatic rings. The summed E-state index contributed by atoms with van der Waals surface area (Å²) in [4.78, 5) is 33.0. The smallest absolute Gasteiger partial charge is 0.337 e. The van der Waals surface area contributed by atoms with Crippen LogP contribution in [0.4, 0.5) is 4.79 Å². The number of hydrogen-bond donors (Lipinski definition) is 5. The Morgan fingerprint density at radius 2 is 1.76 bits per heavy atom. The summed E-state index contributed by atoms with van der Waals surface area (Å²) in [5.41, 5.74) is 3.97. The lowest BCUT2D eigenvalue weighted by Crippen LogP contribution is -2.46. The van der Waals surface area contributed by atoms with E-state index in [1.54, 1.807) is 12.1 Å². The number of aliphatic hydroxyl groups is 1. The summed E-state index contributed by atoms with van der Waals surface area (Å²) >= 11 is 0. The van der Waals surface area contributed by atoms with Crippen molar-refractivity contribution in [3.8, 4) is 0 Å². The minimum absolute atomic E-state index is 0.241. The summed E-state index contributed by atoms with van der Waals surface area (Å²) in [7, 11) is 0. The molecule has 0 saturated heterocycles. The molecule has 6 N–H and O–H groups in total. The maximum absolute atomic E-state index is 11.8. The van der Waals surface area contributed by atoms with Crippen molar-refractivity contribution in [3.05, 3.63) is 35.4 Å². The molecule has 3 amide bonds. The van der Waals surface area contributed by atoms with Gasteiger partial charge in [0, 0.05) is 12.1 Å². The van der Waals surface area contributed by atoms with Crippen LogP contribution in [0.25, 0.3) is 0 Å². The van der Waals surface area contributed by atoms with E-state index in [-0.39, 0.29) is 6.54 Å². The summed E-state index contributed by atoms with van der Waals surface area (Å²) in [5, 5.41) is 22.9. The Morgan fingerprint density at radius 1 is 1.19 bits per heavy atom. The number of hydrogen-bond acceptors (Lipinski definition) is 4. The molecule has 0 spiro atoms. The number of rotatable bonds is 6. The standard InChI is InChI=1S/C13H17N3O5/c1-13(21,11(18)19)7-16-10(17)9-4-2-8(3-5-9)6-15-12(14)20/h2-5,21H,6-7H2,1H3,(H,16,17)(H,18,19)(H3,14,15,20). The number of benzene rings is 1. The Kier molecular flexibility index (Phi) is 5.25. The van der Waals surface area contributed by atoms with Gasteiger partial charge < -0.3 is 26.6 Å². The molecule has 0 aromatic heterocycles. The second-order valence-electron chi connectivity index (χ2n) is 4.68. The van der Waals surface area contributed by atoms with Crippen LogP contribution in [-0.2, 0) is 11.3 Å². The van der Waals surface area contributed by atoms with E-state index < -0.39 is 30.1 Å². The van der Waals surface area contributed by atoms with Crippen molar-refractivity contribution in [1.29, 1.82) is 0 Å². The maximum atomic E-state index is 11.8. The summed E-state index contributed by atoms with van der Waals surface area (Å²) < 4.78 is 0. The normalized spacial score (nSPS) is 13.0. The van der Waals surface area contributed by atoms with Gasteiger partial charge in [-0.2, -0.15) is 0 Å². The Morgan fingerprint density at radius 3 is 2.24 bits per heavy atom. The third-order valence-corrected chi connectivity index (χ3v) is 2.74. The highest BCUT2D eigenvalue weighted by Crippen LogP contribution is 2.06. The van der Waals surface area contributed by atoms with Gasteiger partial charge in [0.1, 0.15) is 0 Å². The van der Waals surface area contributed by atoms with Crippen molar-refractivity contribution >= 4 is 17.9 Å². The van der Waals surface area contributed by atoms with Crippen molar-refractivity contribution < 1.29 is 24.6 Å². The zero-order valence-corrected chi connectivity index (χ0v) is 11.4. The number of amides is 3. The van der Waals surface area contributed by atoms with Gasteiger partial charge in [0.25, 0.3) is 5.91 Å². The number of nitrogens with one attached hydrogen (secondary N) is 2. The minimum atomic E-state index is -2.03.